The summed E-state index contributed by atoms with van der Waals surface area (Å²) in [6.45, 7) is 4.09. The highest BCUT2D eigenvalue weighted by Crippen LogP contribution is 2.36. The Labute approximate surface area is 81.4 Å². The molecular weight excluding hydrogens is 184 g/mol. The van der Waals surface area contributed by atoms with Crippen LogP contribution < -0.4 is 0 Å². The van der Waals surface area contributed by atoms with Crippen LogP contribution in [0.25, 0.3) is 0 Å². The molecule has 5 nitrogen and oxygen atoms in total. The third-order valence-corrected chi connectivity index (χ3v) is 2.10. The van der Waals surface area contributed by atoms with Gasteiger partial charge in [-0.15, -0.1) is 0 Å². The van der Waals surface area contributed by atoms with E-state index in [1.54, 1.807) is 13.0 Å². The number of aromatic amines is 1. The SMILES string of the molecule is CCOC(=O)c1cc(C2OC2C)[nH]n1. The average molecular weight is 196 g/mol. The second kappa shape index (κ2) is 3.42. The normalized spacial score (nSPS) is 24.7. The molecule has 0 amide bonds. The van der Waals surface area contributed by atoms with E-state index >= 15 is 0 Å². The number of carbonyl (C=O) groups is 1. The molecule has 1 N–H and O–H groups in total. The molecule has 2 heterocycles. The molecule has 1 aliphatic rings. The van der Waals surface area contributed by atoms with Crippen LogP contribution in [0.4, 0.5) is 0 Å². The van der Waals surface area contributed by atoms with Gasteiger partial charge < -0.3 is 9.47 Å². The predicted octanol–water partition coefficient (Wildman–Crippen LogP) is 1.05. The number of H-pyrrole nitrogens is 1. The number of epoxide rings is 1. The maximum atomic E-state index is 11.2. The summed E-state index contributed by atoms with van der Waals surface area (Å²) in [7, 11) is 0. The Morgan fingerprint density at radius 2 is 2.50 bits per heavy atom. The van der Waals surface area contributed by atoms with Gasteiger partial charge in [0, 0.05) is 0 Å². The number of rotatable bonds is 3. The molecule has 2 atom stereocenters. The van der Waals surface area contributed by atoms with Gasteiger partial charge in [0.1, 0.15) is 6.10 Å². The largest absolute Gasteiger partial charge is 0.461 e. The molecule has 1 fully saturated rings. The van der Waals surface area contributed by atoms with Crippen molar-refractivity contribution in [2.45, 2.75) is 26.1 Å². The van der Waals surface area contributed by atoms with Gasteiger partial charge in [-0.3, -0.25) is 5.10 Å². The fraction of sp³-hybridized carbons (Fsp3) is 0.556. The lowest BCUT2D eigenvalue weighted by atomic mass is 10.2. The molecule has 0 spiro atoms. The number of hydrogen-bond acceptors (Lipinski definition) is 4. The highest BCUT2D eigenvalue weighted by Gasteiger charge is 2.37. The Hall–Kier alpha value is -1.36. The fourth-order valence-electron chi connectivity index (χ4n) is 1.30. The van der Waals surface area contributed by atoms with E-state index in [2.05, 4.69) is 10.2 Å². The van der Waals surface area contributed by atoms with Crippen LogP contribution in [0, 0.1) is 0 Å². The zero-order valence-electron chi connectivity index (χ0n) is 8.11. The maximum Gasteiger partial charge on any atom is 0.358 e. The Morgan fingerprint density at radius 3 is 3.07 bits per heavy atom. The van der Waals surface area contributed by atoms with E-state index in [1.165, 1.54) is 0 Å². The number of hydrogen-bond donors (Lipinski definition) is 1. The van der Waals surface area contributed by atoms with Crippen LogP contribution >= 0.6 is 0 Å². The van der Waals surface area contributed by atoms with E-state index in [0.29, 0.717) is 12.3 Å². The smallest absolute Gasteiger partial charge is 0.358 e. The summed E-state index contributed by atoms with van der Waals surface area (Å²) in [6.07, 6.45) is 0.274. The molecule has 1 aliphatic heterocycles. The van der Waals surface area contributed by atoms with Crippen molar-refractivity contribution in [2.24, 2.45) is 0 Å². The van der Waals surface area contributed by atoms with E-state index in [-0.39, 0.29) is 12.2 Å². The molecule has 76 valence electrons. The second-order valence-electron chi connectivity index (χ2n) is 3.19. The van der Waals surface area contributed by atoms with Crippen LogP contribution in [0.5, 0.6) is 0 Å². The van der Waals surface area contributed by atoms with Crippen LogP contribution in [-0.4, -0.2) is 28.9 Å². The van der Waals surface area contributed by atoms with Crippen LogP contribution in [0.3, 0.4) is 0 Å². The first-order valence-electron chi connectivity index (χ1n) is 4.60. The van der Waals surface area contributed by atoms with Gasteiger partial charge in [-0.05, 0) is 19.9 Å². The van der Waals surface area contributed by atoms with Crippen molar-refractivity contribution in [1.82, 2.24) is 10.2 Å². The number of aromatic nitrogens is 2. The number of ether oxygens (including phenoxy) is 2. The monoisotopic (exact) mass is 196 g/mol. The second-order valence-corrected chi connectivity index (χ2v) is 3.19. The van der Waals surface area contributed by atoms with Crippen LogP contribution in [0.15, 0.2) is 6.07 Å². The first kappa shape index (κ1) is 9.21. The van der Waals surface area contributed by atoms with Gasteiger partial charge in [0.25, 0.3) is 0 Å². The minimum atomic E-state index is -0.400. The minimum absolute atomic E-state index is 0.0608. The van der Waals surface area contributed by atoms with E-state index in [9.17, 15) is 4.79 Å². The molecule has 2 unspecified atom stereocenters. The van der Waals surface area contributed by atoms with Crippen LogP contribution in [0.2, 0.25) is 0 Å². The quantitative estimate of drug-likeness (QED) is 0.579. The first-order valence-corrected chi connectivity index (χ1v) is 4.60. The number of nitrogens with zero attached hydrogens (tertiary/aromatic N) is 1. The molecule has 5 heteroatoms. The third-order valence-electron chi connectivity index (χ3n) is 2.10. The van der Waals surface area contributed by atoms with Gasteiger partial charge in [0.15, 0.2) is 5.69 Å². The van der Waals surface area contributed by atoms with E-state index in [1.807, 2.05) is 6.92 Å². The van der Waals surface area contributed by atoms with Crippen molar-refractivity contribution in [3.05, 3.63) is 17.5 Å². The minimum Gasteiger partial charge on any atom is -0.461 e. The number of nitrogens with one attached hydrogen (secondary N) is 1. The van der Waals surface area contributed by atoms with Gasteiger partial charge in [0.05, 0.1) is 18.4 Å². The van der Waals surface area contributed by atoms with Crippen LogP contribution in [0.1, 0.15) is 36.1 Å². The van der Waals surface area contributed by atoms with Crippen molar-refractivity contribution in [3.63, 3.8) is 0 Å². The van der Waals surface area contributed by atoms with E-state index in [0.717, 1.165) is 5.69 Å². The molecule has 1 saturated heterocycles. The fourth-order valence-corrected chi connectivity index (χ4v) is 1.30. The lowest BCUT2D eigenvalue weighted by Crippen LogP contribution is -2.04. The summed E-state index contributed by atoms with van der Waals surface area (Å²) in [6, 6.07) is 1.67. The average Bonchev–Trinajstić information content (AvgIpc) is 2.70. The zero-order valence-corrected chi connectivity index (χ0v) is 8.11. The molecule has 1 aromatic heterocycles. The lowest BCUT2D eigenvalue weighted by molar-refractivity contribution is 0.0519. The Kier molecular flexibility index (Phi) is 2.25. The summed E-state index contributed by atoms with van der Waals surface area (Å²) in [4.78, 5) is 11.2. The summed E-state index contributed by atoms with van der Waals surface area (Å²) in [5.74, 6) is -0.400. The van der Waals surface area contributed by atoms with Crippen LogP contribution in [-0.2, 0) is 9.47 Å². The Balaban J connectivity index is 2.06. The topological polar surface area (TPSA) is 67.5 Å². The number of esters is 1. The highest BCUT2D eigenvalue weighted by molar-refractivity contribution is 5.87. The Morgan fingerprint density at radius 1 is 1.79 bits per heavy atom. The molecular formula is C9H12N2O3. The first-order chi connectivity index (χ1) is 6.72. The molecule has 0 bridgehead atoms. The highest BCUT2D eigenvalue weighted by atomic mass is 16.6. The van der Waals surface area contributed by atoms with Crippen molar-refractivity contribution in [2.75, 3.05) is 6.61 Å². The van der Waals surface area contributed by atoms with Gasteiger partial charge in [-0.1, -0.05) is 0 Å². The van der Waals surface area contributed by atoms with Gasteiger partial charge in [0.2, 0.25) is 0 Å². The molecule has 14 heavy (non-hydrogen) atoms. The summed E-state index contributed by atoms with van der Waals surface area (Å²) < 4.78 is 10.0. The predicted molar refractivity (Wildman–Crippen MR) is 47.8 cm³/mol. The van der Waals surface area contributed by atoms with Crippen molar-refractivity contribution < 1.29 is 14.3 Å². The summed E-state index contributed by atoms with van der Waals surface area (Å²) in [5.41, 5.74) is 1.14. The molecule has 0 aliphatic carbocycles. The standard InChI is InChI=1S/C9H12N2O3/c1-3-13-9(12)7-4-6(10-11-7)8-5(2)14-8/h4-5,8H,3H2,1-2H3,(H,10,11). The van der Waals surface area contributed by atoms with Gasteiger partial charge in [-0.2, -0.15) is 5.10 Å². The molecule has 0 radical (unpaired) electrons. The molecule has 0 saturated carbocycles. The molecule has 0 aromatic carbocycles. The summed E-state index contributed by atoms with van der Waals surface area (Å²) in [5, 5.41) is 6.61. The Bertz CT molecular complexity index is 348. The summed E-state index contributed by atoms with van der Waals surface area (Å²) >= 11 is 0. The van der Waals surface area contributed by atoms with Crippen molar-refractivity contribution in [1.29, 1.82) is 0 Å². The number of carbonyl (C=O) groups excluding carboxylic acids is 1. The van der Waals surface area contributed by atoms with Gasteiger partial charge in [-0.25, -0.2) is 4.79 Å². The third kappa shape index (κ3) is 1.63. The zero-order chi connectivity index (χ0) is 10.1. The lowest BCUT2D eigenvalue weighted by Gasteiger charge is -1.94. The van der Waals surface area contributed by atoms with E-state index in [4.69, 9.17) is 9.47 Å². The molecule has 2 rings (SSSR count). The van der Waals surface area contributed by atoms with Crippen molar-refractivity contribution >= 4 is 5.97 Å². The molecule has 1 aromatic rings. The maximum absolute atomic E-state index is 11.2. The van der Waals surface area contributed by atoms with E-state index < -0.39 is 5.97 Å². The van der Waals surface area contributed by atoms with Gasteiger partial charge >= 0.3 is 5.97 Å². The van der Waals surface area contributed by atoms with Crippen molar-refractivity contribution in [3.8, 4) is 0 Å².